The molecule has 1 fully saturated rings. The molecule has 0 unspecified atom stereocenters. The normalized spacial score (nSPS) is 19.7. The van der Waals surface area contributed by atoms with Crippen LogP contribution in [0.4, 0.5) is 13.2 Å². The number of rotatable bonds is 5. The number of benzene rings is 1. The molecule has 0 atom stereocenters. The van der Waals surface area contributed by atoms with Gasteiger partial charge in [-0.1, -0.05) is 17.7 Å². The molecule has 3 rings (SSSR count). The van der Waals surface area contributed by atoms with Crippen molar-refractivity contribution < 1.29 is 26.4 Å². The third-order valence-electron chi connectivity index (χ3n) is 4.47. The van der Waals surface area contributed by atoms with Crippen LogP contribution in [0.5, 0.6) is 0 Å². The van der Waals surface area contributed by atoms with Crippen molar-refractivity contribution in [1.82, 2.24) is 15.3 Å². The maximum absolute atomic E-state index is 12.5. The molecule has 1 saturated carbocycles. The first-order valence-electron chi connectivity index (χ1n) is 8.24. The molecule has 0 aliphatic heterocycles. The van der Waals surface area contributed by atoms with Crippen LogP contribution in [0.2, 0.25) is 5.02 Å². The number of aromatic nitrogens is 2. The van der Waals surface area contributed by atoms with Crippen molar-refractivity contribution >= 4 is 27.3 Å². The Morgan fingerprint density at radius 2 is 1.86 bits per heavy atom. The topological polar surface area (TPSA) is 89.0 Å². The van der Waals surface area contributed by atoms with Crippen molar-refractivity contribution in [2.45, 2.75) is 29.2 Å². The zero-order valence-corrected chi connectivity index (χ0v) is 15.9. The van der Waals surface area contributed by atoms with E-state index in [0.29, 0.717) is 17.9 Å². The lowest BCUT2D eigenvalue weighted by atomic mass is 9.85. The Kier molecular flexibility index (Phi) is 5.62. The van der Waals surface area contributed by atoms with Gasteiger partial charge in [-0.15, -0.1) is 0 Å². The predicted molar refractivity (Wildman–Crippen MR) is 94.5 cm³/mol. The average molecular weight is 434 g/mol. The minimum absolute atomic E-state index is 0.0433. The van der Waals surface area contributed by atoms with Crippen LogP contribution in [0.1, 0.15) is 29.0 Å². The van der Waals surface area contributed by atoms with Crippen LogP contribution in [0.3, 0.4) is 0 Å². The van der Waals surface area contributed by atoms with Crippen molar-refractivity contribution in [3.05, 3.63) is 53.1 Å². The van der Waals surface area contributed by atoms with Gasteiger partial charge < -0.3 is 5.32 Å². The number of amides is 1. The van der Waals surface area contributed by atoms with E-state index in [2.05, 4.69) is 15.3 Å². The lowest BCUT2D eigenvalue weighted by Crippen LogP contribution is -2.42. The molecule has 2 aromatic rings. The number of nitrogens with zero attached hydrogens (tertiary/aromatic N) is 2. The largest absolute Gasteiger partial charge is 0.451 e. The van der Waals surface area contributed by atoms with Gasteiger partial charge in [0.1, 0.15) is 0 Å². The number of sulfone groups is 1. The quantitative estimate of drug-likeness (QED) is 0.782. The molecule has 28 heavy (non-hydrogen) atoms. The summed E-state index contributed by atoms with van der Waals surface area (Å²) >= 11 is 5.84. The molecule has 0 bridgehead atoms. The minimum Gasteiger partial charge on any atom is -0.352 e. The Morgan fingerprint density at radius 1 is 1.21 bits per heavy atom. The van der Waals surface area contributed by atoms with E-state index in [0.717, 1.165) is 12.4 Å². The van der Waals surface area contributed by atoms with Crippen molar-refractivity contribution in [3.63, 3.8) is 0 Å². The highest BCUT2D eigenvalue weighted by Gasteiger charge is 2.39. The van der Waals surface area contributed by atoms with Crippen LogP contribution < -0.4 is 5.32 Å². The summed E-state index contributed by atoms with van der Waals surface area (Å²) in [4.78, 5) is 18.4. The van der Waals surface area contributed by atoms with E-state index in [4.69, 9.17) is 11.6 Å². The Morgan fingerprint density at radius 3 is 2.43 bits per heavy atom. The third-order valence-corrected chi connectivity index (χ3v) is 6.88. The maximum Gasteiger partial charge on any atom is 0.451 e. The van der Waals surface area contributed by atoms with Gasteiger partial charge in [-0.2, -0.15) is 13.2 Å². The third kappa shape index (κ3) is 4.44. The van der Waals surface area contributed by atoms with Gasteiger partial charge >= 0.3 is 6.18 Å². The summed E-state index contributed by atoms with van der Waals surface area (Å²) in [5.41, 5.74) is -0.101. The van der Waals surface area contributed by atoms with Gasteiger partial charge in [0.05, 0.1) is 15.7 Å². The van der Waals surface area contributed by atoms with E-state index >= 15 is 0 Å². The summed E-state index contributed by atoms with van der Waals surface area (Å²) < 4.78 is 62.3. The molecule has 0 spiro atoms. The van der Waals surface area contributed by atoms with Crippen molar-refractivity contribution in [2.24, 2.45) is 5.92 Å². The highest BCUT2D eigenvalue weighted by atomic mass is 35.5. The second-order valence-electron chi connectivity index (χ2n) is 6.46. The van der Waals surface area contributed by atoms with Crippen LogP contribution in [-0.2, 0) is 16.0 Å². The van der Waals surface area contributed by atoms with E-state index < -0.39 is 33.0 Å². The second-order valence-corrected chi connectivity index (χ2v) is 9.13. The van der Waals surface area contributed by atoms with Gasteiger partial charge in [0.2, 0.25) is 5.82 Å². The molecule has 150 valence electrons. The van der Waals surface area contributed by atoms with Gasteiger partial charge in [-0.25, -0.2) is 18.4 Å². The summed E-state index contributed by atoms with van der Waals surface area (Å²) in [5, 5.41) is 2.35. The maximum atomic E-state index is 12.5. The summed E-state index contributed by atoms with van der Waals surface area (Å²) in [5.74, 6) is -1.98. The number of hydrogen-bond donors (Lipinski definition) is 1. The van der Waals surface area contributed by atoms with Crippen LogP contribution in [0.25, 0.3) is 0 Å². The Hall–Kier alpha value is -2.20. The zero-order valence-electron chi connectivity index (χ0n) is 14.3. The molecule has 1 aromatic heterocycles. The highest BCUT2D eigenvalue weighted by molar-refractivity contribution is 7.92. The zero-order chi connectivity index (χ0) is 20.5. The number of alkyl halides is 3. The van der Waals surface area contributed by atoms with E-state index in [9.17, 15) is 26.4 Å². The Balaban J connectivity index is 1.52. The van der Waals surface area contributed by atoms with Crippen molar-refractivity contribution in [2.75, 3.05) is 6.54 Å². The summed E-state index contributed by atoms with van der Waals surface area (Å²) in [6, 6.07) is 6.04. The Labute approximate surface area is 164 Å². The van der Waals surface area contributed by atoms with E-state index in [1.54, 1.807) is 12.1 Å². The molecule has 1 aliphatic carbocycles. The molecule has 6 nitrogen and oxygen atoms in total. The van der Waals surface area contributed by atoms with Crippen molar-refractivity contribution in [3.8, 4) is 0 Å². The molecule has 1 N–H and O–H groups in total. The van der Waals surface area contributed by atoms with Crippen LogP contribution in [-0.4, -0.2) is 36.1 Å². The molecule has 1 amide bonds. The fourth-order valence-corrected chi connectivity index (χ4v) is 5.11. The molecule has 0 saturated heterocycles. The number of hydrogen-bond acceptors (Lipinski definition) is 5. The van der Waals surface area contributed by atoms with Gasteiger partial charge in [0, 0.05) is 24.0 Å². The molecule has 0 radical (unpaired) electrons. The summed E-state index contributed by atoms with van der Waals surface area (Å²) in [6.45, 7) is 0.210. The number of nitrogens with one attached hydrogen (secondary N) is 1. The van der Waals surface area contributed by atoms with E-state index in [1.807, 2.05) is 0 Å². The standard InChI is InChI=1S/C17H15ClF3N3O3S/c18-12-2-1-3-13(6-12)28(26,27)14-4-10(5-14)7-22-15(25)11-8-23-16(24-9-11)17(19,20)21/h1-3,6,8-10,14H,4-5,7H2,(H,22,25)/t10-,14-. The highest BCUT2D eigenvalue weighted by Crippen LogP contribution is 2.36. The van der Waals surface area contributed by atoms with E-state index in [-0.39, 0.29) is 22.9 Å². The smallest absolute Gasteiger partial charge is 0.352 e. The van der Waals surface area contributed by atoms with Crippen LogP contribution >= 0.6 is 11.6 Å². The van der Waals surface area contributed by atoms with Gasteiger partial charge in [0.25, 0.3) is 5.91 Å². The molecule has 1 heterocycles. The van der Waals surface area contributed by atoms with Crippen LogP contribution in [0, 0.1) is 5.92 Å². The van der Waals surface area contributed by atoms with Gasteiger partial charge in [0.15, 0.2) is 9.84 Å². The Bertz CT molecular complexity index is 975. The molecule has 11 heteroatoms. The average Bonchev–Trinajstić information content (AvgIpc) is 2.59. The fraction of sp³-hybridized carbons (Fsp3) is 0.353. The summed E-state index contributed by atoms with van der Waals surface area (Å²) in [6.07, 6.45) is -2.32. The number of halogens is 4. The lowest BCUT2D eigenvalue weighted by molar-refractivity contribution is -0.145. The van der Waals surface area contributed by atoms with Crippen molar-refractivity contribution in [1.29, 1.82) is 0 Å². The first-order chi connectivity index (χ1) is 13.1. The molecular weight excluding hydrogens is 419 g/mol. The lowest BCUT2D eigenvalue weighted by Gasteiger charge is -2.34. The number of carbonyl (C=O) groups excluding carboxylic acids is 1. The molecule has 1 aromatic carbocycles. The van der Waals surface area contributed by atoms with Gasteiger partial charge in [-0.3, -0.25) is 4.79 Å². The summed E-state index contributed by atoms with van der Waals surface area (Å²) in [7, 11) is -3.49. The van der Waals surface area contributed by atoms with Gasteiger partial charge in [-0.05, 0) is 37.0 Å². The SMILES string of the molecule is O=C(NC[C@H]1C[C@H](S(=O)(=O)c2cccc(Cl)c2)C1)c1cnc(C(F)(F)F)nc1. The first kappa shape index (κ1) is 20.5. The van der Waals surface area contributed by atoms with E-state index in [1.165, 1.54) is 12.1 Å². The van der Waals surface area contributed by atoms with Crippen LogP contribution in [0.15, 0.2) is 41.6 Å². The number of carbonyl (C=O) groups is 1. The monoisotopic (exact) mass is 433 g/mol. The molecule has 1 aliphatic rings. The fourth-order valence-electron chi connectivity index (χ4n) is 2.86. The molecular formula is C17H15ClF3N3O3S. The first-order valence-corrected chi connectivity index (χ1v) is 10.2. The predicted octanol–water partition coefficient (Wildman–Crippen LogP) is 3.13. The minimum atomic E-state index is -4.68. The second kappa shape index (κ2) is 7.67.